The molecule has 5 heteroatoms. The van der Waals surface area contributed by atoms with Gasteiger partial charge in [-0.15, -0.1) is 11.3 Å². The fourth-order valence-corrected chi connectivity index (χ4v) is 2.80. The third-order valence-corrected chi connectivity index (χ3v) is 4.17. The van der Waals surface area contributed by atoms with Gasteiger partial charge in [0.15, 0.2) is 0 Å². The number of nitrogens with zero attached hydrogens (tertiary/aromatic N) is 3. The van der Waals surface area contributed by atoms with Crippen molar-refractivity contribution in [2.24, 2.45) is 7.05 Å². The lowest BCUT2D eigenvalue weighted by molar-refractivity contribution is 0.570. The minimum absolute atomic E-state index is 0.299. The largest absolute Gasteiger partial charge is 0.304 e. The number of hydrogen-bond donors (Lipinski definition) is 1. The molecule has 1 atom stereocenters. The summed E-state index contributed by atoms with van der Waals surface area (Å²) < 4.78 is 1.86. The van der Waals surface area contributed by atoms with Crippen LogP contribution in [0.1, 0.15) is 41.0 Å². The van der Waals surface area contributed by atoms with Gasteiger partial charge in [-0.05, 0) is 20.3 Å². The Kier molecular flexibility index (Phi) is 4.14. The second-order valence-corrected chi connectivity index (χ2v) is 5.72. The van der Waals surface area contributed by atoms with Crippen molar-refractivity contribution in [1.29, 1.82) is 0 Å². The first-order valence-corrected chi connectivity index (χ1v) is 7.09. The molecule has 0 fully saturated rings. The van der Waals surface area contributed by atoms with E-state index in [1.165, 1.54) is 10.4 Å². The SMILES string of the molecule is CCc1cnc(CNC(C)c2cn(C)nc2C)s1. The van der Waals surface area contributed by atoms with Gasteiger partial charge in [0.1, 0.15) is 5.01 Å². The Hall–Kier alpha value is -1.20. The second-order valence-electron chi connectivity index (χ2n) is 4.52. The summed E-state index contributed by atoms with van der Waals surface area (Å²) in [5, 5.41) is 9.02. The molecule has 18 heavy (non-hydrogen) atoms. The van der Waals surface area contributed by atoms with E-state index in [1.807, 2.05) is 24.9 Å². The predicted octanol–water partition coefficient (Wildman–Crippen LogP) is 2.60. The van der Waals surface area contributed by atoms with Gasteiger partial charge in [-0.1, -0.05) is 6.92 Å². The van der Waals surface area contributed by atoms with E-state index in [4.69, 9.17) is 0 Å². The first-order valence-electron chi connectivity index (χ1n) is 6.27. The van der Waals surface area contributed by atoms with E-state index in [0.717, 1.165) is 23.7 Å². The Labute approximate surface area is 112 Å². The van der Waals surface area contributed by atoms with Crippen LogP contribution in [0.2, 0.25) is 0 Å². The van der Waals surface area contributed by atoms with Crippen LogP contribution in [-0.2, 0) is 20.0 Å². The lowest BCUT2D eigenvalue weighted by Gasteiger charge is -2.11. The fourth-order valence-electron chi connectivity index (χ4n) is 1.99. The highest BCUT2D eigenvalue weighted by Crippen LogP contribution is 2.18. The smallest absolute Gasteiger partial charge is 0.107 e. The molecule has 0 aromatic carbocycles. The van der Waals surface area contributed by atoms with Gasteiger partial charge in [0.2, 0.25) is 0 Å². The maximum absolute atomic E-state index is 4.42. The van der Waals surface area contributed by atoms with Crippen molar-refractivity contribution in [3.8, 4) is 0 Å². The maximum atomic E-state index is 4.42. The number of thiazole rings is 1. The summed E-state index contributed by atoms with van der Waals surface area (Å²) in [6.07, 6.45) is 5.11. The normalized spacial score (nSPS) is 12.9. The molecule has 4 nitrogen and oxygen atoms in total. The minimum atomic E-state index is 0.299. The van der Waals surface area contributed by atoms with Crippen molar-refractivity contribution >= 4 is 11.3 Å². The summed E-state index contributed by atoms with van der Waals surface area (Å²) in [6.45, 7) is 7.19. The predicted molar refractivity (Wildman–Crippen MR) is 74.7 cm³/mol. The summed E-state index contributed by atoms with van der Waals surface area (Å²) in [6, 6.07) is 0.299. The van der Waals surface area contributed by atoms with Crippen LogP contribution in [0.4, 0.5) is 0 Å². The summed E-state index contributed by atoms with van der Waals surface area (Å²) >= 11 is 1.79. The molecule has 0 bridgehead atoms. The highest BCUT2D eigenvalue weighted by atomic mass is 32.1. The van der Waals surface area contributed by atoms with Crippen LogP contribution in [0.25, 0.3) is 0 Å². The molecule has 0 spiro atoms. The number of aryl methyl sites for hydroxylation is 3. The van der Waals surface area contributed by atoms with Crippen molar-refractivity contribution < 1.29 is 0 Å². The van der Waals surface area contributed by atoms with Gasteiger partial charge in [-0.3, -0.25) is 4.68 Å². The monoisotopic (exact) mass is 264 g/mol. The number of rotatable bonds is 5. The summed E-state index contributed by atoms with van der Waals surface area (Å²) in [7, 11) is 1.96. The zero-order valence-electron chi connectivity index (χ0n) is 11.4. The number of aromatic nitrogens is 3. The quantitative estimate of drug-likeness (QED) is 0.902. The van der Waals surface area contributed by atoms with E-state index >= 15 is 0 Å². The maximum Gasteiger partial charge on any atom is 0.107 e. The van der Waals surface area contributed by atoms with Gasteiger partial charge in [0, 0.05) is 42.5 Å². The third-order valence-electron chi connectivity index (χ3n) is 3.03. The molecule has 2 heterocycles. The number of hydrogen-bond acceptors (Lipinski definition) is 4. The van der Waals surface area contributed by atoms with Crippen molar-refractivity contribution in [1.82, 2.24) is 20.1 Å². The zero-order chi connectivity index (χ0) is 13.1. The Balaban J connectivity index is 1.95. The van der Waals surface area contributed by atoms with Crippen molar-refractivity contribution in [3.05, 3.63) is 33.5 Å². The standard InChI is InChI=1S/C13H20N4S/c1-5-11-6-15-13(18-11)7-14-9(2)12-8-17(4)16-10(12)3/h6,8-9,14H,5,7H2,1-4H3. The average Bonchev–Trinajstić information content (AvgIpc) is 2.92. The Morgan fingerprint density at radius 3 is 2.83 bits per heavy atom. The molecule has 0 aliphatic rings. The second kappa shape index (κ2) is 5.63. The van der Waals surface area contributed by atoms with Gasteiger partial charge in [-0.25, -0.2) is 4.98 Å². The molecule has 0 aliphatic carbocycles. The van der Waals surface area contributed by atoms with E-state index in [0.29, 0.717) is 6.04 Å². The molecule has 0 amide bonds. The lowest BCUT2D eigenvalue weighted by Crippen LogP contribution is -2.18. The van der Waals surface area contributed by atoms with Crippen molar-refractivity contribution in [2.45, 2.75) is 39.8 Å². The molecule has 0 saturated carbocycles. The summed E-state index contributed by atoms with van der Waals surface area (Å²) in [5.74, 6) is 0. The fraction of sp³-hybridized carbons (Fsp3) is 0.538. The Bertz CT molecular complexity index is 515. The lowest BCUT2D eigenvalue weighted by atomic mass is 10.1. The topological polar surface area (TPSA) is 42.7 Å². The van der Waals surface area contributed by atoms with Crippen LogP contribution in [0.5, 0.6) is 0 Å². The molecule has 1 N–H and O–H groups in total. The summed E-state index contributed by atoms with van der Waals surface area (Å²) in [4.78, 5) is 5.76. The van der Waals surface area contributed by atoms with Crippen LogP contribution in [0.15, 0.2) is 12.4 Å². The first-order chi connectivity index (χ1) is 8.60. The molecular formula is C13H20N4S. The van der Waals surface area contributed by atoms with Gasteiger partial charge >= 0.3 is 0 Å². The van der Waals surface area contributed by atoms with Gasteiger partial charge in [0.25, 0.3) is 0 Å². The van der Waals surface area contributed by atoms with Crippen LogP contribution < -0.4 is 5.32 Å². The Morgan fingerprint density at radius 2 is 2.28 bits per heavy atom. The van der Waals surface area contributed by atoms with E-state index in [1.54, 1.807) is 11.3 Å². The Morgan fingerprint density at radius 1 is 1.50 bits per heavy atom. The molecule has 1 unspecified atom stereocenters. The van der Waals surface area contributed by atoms with Crippen LogP contribution in [-0.4, -0.2) is 14.8 Å². The number of nitrogens with one attached hydrogen (secondary N) is 1. The van der Waals surface area contributed by atoms with E-state index in [2.05, 4.69) is 35.4 Å². The molecule has 0 saturated heterocycles. The van der Waals surface area contributed by atoms with Crippen molar-refractivity contribution in [2.75, 3.05) is 0 Å². The molecule has 98 valence electrons. The average molecular weight is 264 g/mol. The molecular weight excluding hydrogens is 244 g/mol. The molecule has 0 radical (unpaired) electrons. The third kappa shape index (κ3) is 2.97. The first kappa shape index (κ1) is 13.2. The van der Waals surface area contributed by atoms with Gasteiger partial charge < -0.3 is 5.32 Å². The zero-order valence-corrected chi connectivity index (χ0v) is 12.2. The van der Waals surface area contributed by atoms with Gasteiger partial charge in [-0.2, -0.15) is 5.10 Å². The van der Waals surface area contributed by atoms with Crippen LogP contribution >= 0.6 is 11.3 Å². The van der Waals surface area contributed by atoms with E-state index in [9.17, 15) is 0 Å². The minimum Gasteiger partial charge on any atom is -0.304 e. The molecule has 2 aromatic heterocycles. The van der Waals surface area contributed by atoms with Crippen LogP contribution in [0.3, 0.4) is 0 Å². The van der Waals surface area contributed by atoms with E-state index in [-0.39, 0.29) is 0 Å². The molecule has 0 aliphatic heterocycles. The molecule has 2 aromatic rings. The van der Waals surface area contributed by atoms with Crippen LogP contribution in [0, 0.1) is 6.92 Å². The van der Waals surface area contributed by atoms with E-state index < -0.39 is 0 Å². The molecule has 2 rings (SSSR count). The van der Waals surface area contributed by atoms with Crippen molar-refractivity contribution in [3.63, 3.8) is 0 Å². The van der Waals surface area contributed by atoms with Gasteiger partial charge in [0.05, 0.1) is 5.69 Å². The highest BCUT2D eigenvalue weighted by molar-refractivity contribution is 7.11. The highest BCUT2D eigenvalue weighted by Gasteiger charge is 2.11. The summed E-state index contributed by atoms with van der Waals surface area (Å²) in [5.41, 5.74) is 2.34.